The molecular formula is C17H16F3NO2S. The van der Waals surface area contributed by atoms with E-state index in [0.29, 0.717) is 0 Å². The van der Waals surface area contributed by atoms with Crippen molar-refractivity contribution in [2.75, 3.05) is 10.8 Å². The van der Waals surface area contributed by atoms with Crippen LogP contribution in [0.3, 0.4) is 0 Å². The molecule has 0 saturated heterocycles. The van der Waals surface area contributed by atoms with Crippen LogP contribution in [0.5, 0.6) is 0 Å². The Morgan fingerprint density at radius 3 is 2.04 bits per heavy atom. The number of sulfonamides is 1. The fourth-order valence-corrected chi connectivity index (χ4v) is 3.55. The zero-order valence-electron chi connectivity index (χ0n) is 12.9. The fraction of sp³-hybridized carbons (Fsp3) is 0.176. The van der Waals surface area contributed by atoms with Crippen molar-refractivity contribution < 1.29 is 21.6 Å². The Hall–Kier alpha value is -2.28. The third-order valence-corrected chi connectivity index (χ3v) is 5.19. The number of aryl methyl sites for hydroxylation is 1. The number of hydrogen-bond donors (Lipinski definition) is 0. The Balaban J connectivity index is 2.45. The largest absolute Gasteiger partial charge is 0.416 e. The Bertz CT molecular complexity index is 810. The highest BCUT2D eigenvalue weighted by atomic mass is 32.2. The third kappa shape index (κ3) is 3.79. The van der Waals surface area contributed by atoms with Crippen LogP contribution >= 0.6 is 0 Å². The van der Waals surface area contributed by atoms with Gasteiger partial charge in [0.15, 0.2) is 0 Å². The van der Waals surface area contributed by atoms with Gasteiger partial charge in [0.1, 0.15) is 0 Å². The van der Waals surface area contributed by atoms with Gasteiger partial charge in [-0.05, 0) is 43.3 Å². The molecule has 0 saturated carbocycles. The molecule has 0 N–H and O–H groups in total. The maximum absolute atomic E-state index is 12.8. The summed E-state index contributed by atoms with van der Waals surface area (Å²) in [6.45, 7) is 5.29. The van der Waals surface area contributed by atoms with Gasteiger partial charge in [-0.25, -0.2) is 8.42 Å². The van der Waals surface area contributed by atoms with Gasteiger partial charge in [-0.3, -0.25) is 4.31 Å². The first kappa shape index (κ1) is 18.1. The maximum atomic E-state index is 12.8. The van der Waals surface area contributed by atoms with Gasteiger partial charge < -0.3 is 0 Å². The van der Waals surface area contributed by atoms with E-state index in [2.05, 4.69) is 6.58 Å². The van der Waals surface area contributed by atoms with E-state index in [4.69, 9.17) is 0 Å². The lowest BCUT2D eigenvalue weighted by molar-refractivity contribution is -0.137. The molecule has 0 heterocycles. The summed E-state index contributed by atoms with van der Waals surface area (Å²) in [5.74, 6) is 0. The first-order valence-corrected chi connectivity index (χ1v) is 8.48. The SMILES string of the molecule is C=CCN(c1ccc(C(F)(F)F)cc1)S(=O)(=O)c1ccc(C)cc1. The number of alkyl halides is 3. The van der Waals surface area contributed by atoms with E-state index in [0.717, 1.165) is 34.1 Å². The summed E-state index contributed by atoms with van der Waals surface area (Å²) in [6, 6.07) is 10.2. The molecule has 24 heavy (non-hydrogen) atoms. The minimum atomic E-state index is -4.47. The van der Waals surface area contributed by atoms with Crippen molar-refractivity contribution in [2.24, 2.45) is 0 Å². The van der Waals surface area contributed by atoms with E-state index in [1.54, 1.807) is 12.1 Å². The van der Waals surface area contributed by atoms with Crippen LogP contribution in [-0.4, -0.2) is 15.0 Å². The van der Waals surface area contributed by atoms with Gasteiger partial charge in [-0.15, -0.1) is 6.58 Å². The van der Waals surface area contributed by atoms with Gasteiger partial charge in [0, 0.05) is 0 Å². The normalized spacial score (nSPS) is 12.0. The number of hydrogen-bond acceptors (Lipinski definition) is 2. The molecule has 3 nitrogen and oxygen atoms in total. The van der Waals surface area contributed by atoms with Crippen molar-refractivity contribution in [1.29, 1.82) is 0 Å². The smallest absolute Gasteiger partial charge is 0.263 e. The van der Waals surface area contributed by atoms with E-state index in [1.165, 1.54) is 18.2 Å². The van der Waals surface area contributed by atoms with E-state index < -0.39 is 21.8 Å². The van der Waals surface area contributed by atoms with Crippen LogP contribution in [0.2, 0.25) is 0 Å². The maximum Gasteiger partial charge on any atom is 0.416 e. The lowest BCUT2D eigenvalue weighted by Crippen LogP contribution is -2.31. The molecule has 0 bridgehead atoms. The summed E-state index contributed by atoms with van der Waals surface area (Å²) in [5.41, 5.74) is 0.208. The molecule has 0 radical (unpaired) electrons. The number of rotatable bonds is 5. The van der Waals surface area contributed by atoms with Crippen LogP contribution in [0, 0.1) is 6.92 Å². The van der Waals surface area contributed by atoms with E-state index >= 15 is 0 Å². The Morgan fingerprint density at radius 2 is 1.58 bits per heavy atom. The summed E-state index contributed by atoms with van der Waals surface area (Å²) >= 11 is 0. The van der Waals surface area contributed by atoms with Crippen molar-refractivity contribution in [2.45, 2.75) is 18.0 Å². The number of halogens is 3. The van der Waals surface area contributed by atoms with Crippen LogP contribution in [0.4, 0.5) is 18.9 Å². The molecule has 0 aromatic heterocycles. The topological polar surface area (TPSA) is 37.4 Å². The minimum Gasteiger partial charge on any atom is -0.263 e. The van der Waals surface area contributed by atoms with Crippen molar-refractivity contribution in [3.8, 4) is 0 Å². The van der Waals surface area contributed by atoms with E-state index in [9.17, 15) is 21.6 Å². The second kappa shape index (κ2) is 6.68. The van der Waals surface area contributed by atoms with Gasteiger partial charge in [0.2, 0.25) is 0 Å². The monoisotopic (exact) mass is 355 g/mol. The van der Waals surface area contributed by atoms with Crippen molar-refractivity contribution in [3.63, 3.8) is 0 Å². The quantitative estimate of drug-likeness (QED) is 0.746. The highest BCUT2D eigenvalue weighted by molar-refractivity contribution is 7.92. The average molecular weight is 355 g/mol. The van der Waals surface area contributed by atoms with Gasteiger partial charge in [0.05, 0.1) is 22.7 Å². The first-order valence-electron chi connectivity index (χ1n) is 7.04. The second-order valence-corrected chi connectivity index (χ2v) is 7.04. The highest BCUT2D eigenvalue weighted by Gasteiger charge is 2.31. The molecule has 0 aliphatic carbocycles. The molecule has 0 aliphatic heterocycles. The molecular weight excluding hydrogens is 339 g/mol. The van der Waals surface area contributed by atoms with Crippen LogP contribution in [0.1, 0.15) is 11.1 Å². The molecule has 2 aromatic carbocycles. The Labute approximate surface area is 139 Å². The van der Waals surface area contributed by atoms with Crippen LogP contribution in [-0.2, 0) is 16.2 Å². The zero-order chi connectivity index (χ0) is 18.0. The molecule has 2 aromatic rings. The standard InChI is InChI=1S/C17H16F3NO2S/c1-3-12-21(15-8-6-14(7-9-15)17(18,19)20)24(22,23)16-10-4-13(2)5-11-16/h3-11H,1,12H2,2H3. The lowest BCUT2D eigenvalue weighted by Gasteiger charge is -2.23. The van der Waals surface area contributed by atoms with Crippen LogP contribution < -0.4 is 4.31 Å². The second-order valence-electron chi connectivity index (χ2n) is 5.18. The highest BCUT2D eigenvalue weighted by Crippen LogP contribution is 2.31. The molecule has 7 heteroatoms. The van der Waals surface area contributed by atoms with Crippen LogP contribution in [0.15, 0.2) is 66.1 Å². The summed E-state index contributed by atoms with van der Waals surface area (Å²) in [4.78, 5) is 0.0647. The molecule has 0 fully saturated rings. The third-order valence-electron chi connectivity index (χ3n) is 3.39. The molecule has 128 valence electrons. The molecule has 0 spiro atoms. The fourth-order valence-electron chi connectivity index (χ4n) is 2.11. The van der Waals surface area contributed by atoms with Gasteiger partial charge >= 0.3 is 6.18 Å². The van der Waals surface area contributed by atoms with Crippen molar-refractivity contribution in [1.82, 2.24) is 0 Å². The molecule has 2 rings (SSSR count). The van der Waals surface area contributed by atoms with Gasteiger partial charge in [0.25, 0.3) is 10.0 Å². The summed E-state index contributed by atoms with van der Waals surface area (Å²) < 4.78 is 64.5. The minimum absolute atomic E-state index is 0.0540. The predicted molar refractivity (Wildman–Crippen MR) is 87.4 cm³/mol. The molecule has 0 unspecified atom stereocenters. The van der Waals surface area contributed by atoms with Crippen LogP contribution in [0.25, 0.3) is 0 Å². The number of benzene rings is 2. The Kier molecular flexibility index (Phi) is 5.03. The number of nitrogens with zero attached hydrogens (tertiary/aromatic N) is 1. The van der Waals surface area contributed by atoms with Crippen molar-refractivity contribution >= 4 is 15.7 Å². The summed E-state index contributed by atoms with van der Waals surface area (Å²) in [7, 11) is -3.90. The van der Waals surface area contributed by atoms with E-state index in [1.807, 2.05) is 6.92 Å². The Morgan fingerprint density at radius 1 is 1.04 bits per heavy atom. The average Bonchev–Trinajstić information content (AvgIpc) is 2.52. The van der Waals surface area contributed by atoms with Crippen molar-refractivity contribution in [3.05, 3.63) is 72.3 Å². The molecule has 0 atom stereocenters. The predicted octanol–water partition coefficient (Wildman–Crippen LogP) is 4.40. The molecule has 0 amide bonds. The number of anilines is 1. The lowest BCUT2D eigenvalue weighted by atomic mass is 10.2. The first-order chi connectivity index (χ1) is 11.2. The zero-order valence-corrected chi connectivity index (χ0v) is 13.7. The molecule has 0 aliphatic rings. The van der Waals surface area contributed by atoms with E-state index in [-0.39, 0.29) is 17.1 Å². The summed E-state index contributed by atoms with van der Waals surface area (Å²) in [6.07, 6.45) is -3.10. The van der Waals surface area contributed by atoms with Gasteiger partial charge in [-0.1, -0.05) is 23.8 Å². The summed E-state index contributed by atoms with van der Waals surface area (Å²) in [5, 5.41) is 0. The van der Waals surface area contributed by atoms with Gasteiger partial charge in [-0.2, -0.15) is 13.2 Å².